The molecular formula is C14H10N2O. The molecule has 1 heterocycles. The molecule has 3 heteroatoms. The standard InChI is InChI=1S/C14H10N2O/c17-14(10-6-2-1-3-7-10)13-11-8-4-5-9-12(11)15-16-13/h1-9H,(H,15,16). The van der Waals surface area contributed by atoms with Crippen LogP contribution in [0.3, 0.4) is 0 Å². The number of ketones is 1. The lowest BCUT2D eigenvalue weighted by atomic mass is 10.1. The zero-order chi connectivity index (χ0) is 11.7. The van der Waals surface area contributed by atoms with E-state index in [0.29, 0.717) is 11.3 Å². The van der Waals surface area contributed by atoms with Crippen LogP contribution in [0.25, 0.3) is 10.9 Å². The van der Waals surface area contributed by atoms with Gasteiger partial charge in [0.15, 0.2) is 0 Å². The molecule has 1 N–H and O–H groups in total. The van der Waals surface area contributed by atoms with E-state index in [9.17, 15) is 4.79 Å². The number of fused-ring (bicyclic) bond motifs is 1. The molecule has 0 radical (unpaired) electrons. The van der Waals surface area contributed by atoms with E-state index in [-0.39, 0.29) is 5.78 Å². The molecule has 0 aliphatic carbocycles. The van der Waals surface area contributed by atoms with Crippen molar-refractivity contribution in [1.82, 2.24) is 10.2 Å². The van der Waals surface area contributed by atoms with Crippen molar-refractivity contribution >= 4 is 16.7 Å². The first-order valence-corrected chi connectivity index (χ1v) is 5.39. The van der Waals surface area contributed by atoms with E-state index < -0.39 is 0 Å². The third-order valence-electron chi connectivity index (χ3n) is 2.72. The van der Waals surface area contributed by atoms with Crippen molar-refractivity contribution in [3.63, 3.8) is 0 Å². The Labute approximate surface area is 98.1 Å². The van der Waals surface area contributed by atoms with Gasteiger partial charge in [0.1, 0.15) is 5.69 Å². The molecule has 0 aliphatic heterocycles. The van der Waals surface area contributed by atoms with E-state index in [1.807, 2.05) is 42.5 Å². The van der Waals surface area contributed by atoms with Gasteiger partial charge in [-0.3, -0.25) is 9.89 Å². The predicted molar refractivity (Wildman–Crippen MR) is 66.0 cm³/mol. The van der Waals surface area contributed by atoms with Crippen molar-refractivity contribution in [2.24, 2.45) is 0 Å². The Morgan fingerprint density at radius 2 is 1.65 bits per heavy atom. The minimum Gasteiger partial charge on any atom is -0.287 e. The Morgan fingerprint density at radius 1 is 0.941 bits per heavy atom. The fourth-order valence-corrected chi connectivity index (χ4v) is 1.86. The topological polar surface area (TPSA) is 45.8 Å². The van der Waals surface area contributed by atoms with Crippen LogP contribution in [-0.4, -0.2) is 16.0 Å². The van der Waals surface area contributed by atoms with Gasteiger partial charge >= 0.3 is 0 Å². The number of hydrogen-bond donors (Lipinski definition) is 1. The molecule has 2 aromatic carbocycles. The van der Waals surface area contributed by atoms with E-state index in [1.165, 1.54) is 0 Å². The highest BCUT2D eigenvalue weighted by Crippen LogP contribution is 2.18. The Balaban J connectivity index is 2.14. The summed E-state index contributed by atoms with van der Waals surface area (Å²) in [5, 5.41) is 7.83. The summed E-state index contributed by atoms with van der Waals surface area (Å²) in [6.45, 7) is 0. The van der Waals surface area contributed by atoms with Crippen LogP contribution in [-0.2, 0) is 0 Å². The van der Waals surface area contributed by atoms with E-state index in [1.54, 1.807) is 12.1 Å². The number of nitrogens with one attached hydrogen (secondary N) is 1. The fourth-order valence-electron chi connectivity index (χ4n) is 1.86. The molecule has 0 saturated heterocycles. The number of carbonyl (C=O) groups excluding carboxylic acids is 1. The van der Waals surface area contributed by atoms with Crippen LogP contribution >= 0.6 is 0 Å². The summed E-state index contributed by atoms with van der Waals surface area (Å²) < 4.78 is 0. The van der Waals surface area contributed by atoms with Gasteiger partial charge in [0.2, 0.25) is 5.78 Å². The van der Waals surface area contributed by atoms with Crippen LogP contribution in [0.4, 0.5) is 0 Å². The molecule has 82 valence electrons. The Morgan fingerprint density at radius 3 is 2.47 bits per heavy atom. The number of carbonyl (C=O) groups is 1. The Bertz CT molecular complexity index is 671. The molecule has 0 saturated carbocycles. The zero-order valence-corrected chi connectivity index (χ0v) is 9.05. The first-order chi connectivity index (χ1) is 8.36. The third kappa shape index (κ3) is 1.61. The van der Waals surface area contributed by atoms with Crippen LogP contribution in [0.2, 0.25) is 0 Å². The Hall–Kier alpha value is -2.42. The maximum atomic E-state index is 12.2. The highest BCUT2D eigenvalue weighted by molar-refractivity contribution is 6.14. The van der Waals surface area contributed by atoms with Gasteiger partial charge in [0, 0.05) is 10.9 Å². The normalized spacial score (nSPS) is 10.6. The van der Waals surface area contributed by atoms with Gasteiger partial charge in [-0.15, -0.1) is 0 Å². The molecule has 1 aromatic heterocycles. The summed E-state index contributed by atoms with van der Waals surface area (Å²) in [5.41, 5.74) is 2.02. The second-order valence-corrected chi connectivity index (χ2v) is 3.81. The van der Waals surface area contributed by atoms with Crippen LogP contribution in [0.5, 0.6) is 0 Å². The smallest absolute Gasteiger partial charge is 0.213 e. The van der Waals surface area contributed by atoms with E-state index in [4.69, 9.17) is 0 Å². The van der Waals surface area contributed by atoms with Gasteiger partial charge in [-0.2, -0.15) is 5.10 Å². The molecule has 0 aliphatic rings. The summed E-state index contributed by atoms with van der Waals surface area (Å²) in [7, 11) is 0. The molecule has 0 fully saturated rings. The quantitative estimate of drug-likeness (QED) is 0.677. The van der Waals surface area contributed by atoms with Gasteiger partial charge in [0.25, 0.3) is 0 Å². The summed E-state index contributed by atoms with van der Waals surface area (Å²) in [6, 6.07) is 16.8. The number of aromatic nitrogens is 2. The number of hydrogen-bond acceptors (Lipinski definition) is 2. The minimum absolute atomic E-state index is 0.0527. The van der Waals surface area contributed by atoms with Gasteiger partial charge in [-0.05, 0) is 6.07 Å². The maximum absolute atomic E-state index is 12.2. The second-order valence-electron chi connectivity index (χ2n) is 3.81. The monoisotopic (exact) mass is 222 g/mol. The lowest BCUT2D eigenvalue weighted by Crippen LogP contribution is -2.01. The lowest BCUT2D eigenvalue weighted by Gasteiger charge is -1.97. The molecule has 17 heavy (non-hydrogen) atoms. The summed E-state index contributed by atoms with van der Waals surface area (Å²) >= 11 is 0. The van der Waals surface area contributed by atoms with Crippen LogP contribution < -0.4 is 0 Å². The predicted octanol–water partition coefficient (Wildman–Crippen LogP) is 2.79. The molecule has 3 rings (SSSR count). The van der Waals surface area contributed by atoms with Crippen molar-refractivity contribution in [3.05, 3.63) is 65.9 Å². The SMILES string of the molecule is O=C(c1ccccc1)c1n[nH]c2ccccc12. The number of para-hydroxylation sites is 1. The fraction of sp³-hybridized carbons (Fsp3) is 0. The second kappa shape index (κ2) is 3.87. The van der Waals surface area contributed by atoms with Crippen molar-refractivity contribution in [3.8, 4) is 0 Å². The molecule has 3 aromatic rings. The summed E-state index contributed by atoms with van der Waals surface area (Å²) in [5.74, 6) is -0.0527. The largest absolute Gasteiger partial charge is 0.287 e. The van der Waals surface area contributed by atoms with Crippen molar-refractivity contribution in [2.45, 2.75) is 0 Å². The first kappa shape index (κ1) is 9.78. The third-order valence-corrected chi connectivity index (χ3v) is 2.72. The van der Waals surface area contributed by atoms with Gasteiger partial charge in [-0.1, -0.05) is 48.5 Å². The summed E-state index contributed by atoms with van der Waals surface area (Å²) in [4.78, 5) is 12.2. The van der Waals surface area contributed by atoms with Gasteiger partial charge in [0.05, 0.1) is 5.52 Å². The van der Waals surface area contributed by atoms with Gasteiger partial charge < -0.3 is 0 Å². The number of benzene rings is 2. The number of H-pyrrole nitrogens is 1. The summed E-state index contributed by atoms with van der Waals surface area (Å²) in [6.07, 6.45) is 0. The molecular weight excluding hydrogens is 212 g/mol. The molecule has 0 spiro atoms. The molecule has 0 unspecified atom stereocenters. The van der Waals surface area contributed by atoms with E-state index in [0.717, 1.165) is 10.9 Å². The van der Waals surface area contributed by atoms with Crippen molar-refractivity contribution < 1.29 is 4.79 Å². The lowest BCUT2D eigenvalue weighted by molar-refractivity contribution is 0.103. The van der Waals surface area contributed by atoms with Crippen molar-refractivity contribution in [1.29, 1.82) is 0 Å². The van der Waals surface area contributed by atoms with Crippen LogP contribution in [0.15, 0.2) is 54.6 Å². The maximum Gasteiger partial charge on any atom is 0.213 e. The molecule has 0 atom stereocenters. The molecule has 3 nitrogen and oxygen atoms in total. The minimum atomic E-state index is -0.0527. The van der Waals surface area contributed by atoms with Crippen molar-refractivity contribution in [2.75, 3.05) is 0 Å². The highest BCUT2D eigenvalue weighted by atomic mass is 16.1. The van der Waals surface area contributed by atoms with E-state index >= 15 is 0 Å². The average molecular weight is 222 g/mol. The number of nitrogens with zero attached hydrogens (tertiary/aromatic N) is 1. The molecule has 0 bridgehead atoms. The zero-order valence-electron chi connectivity index (χ0n) is 9.05. The van der Waals surface area contributed by atoms with Gasteiger partial charge in [-0.25, -0.2) is 0 Å². The highest BCUT2D eigenvalue weighted by Gasteiger charge is 2.14. The Kier molecular flexibility index (Phi) is 2.22. The molecule has 0 amide bonds. The van der Waals surface area contributed by atoms with Crippen LogP contribution in [0.1, 0.15) is 16.1 Å². The number of aromatic amines is 1. The number of rotatable bonds is 2. The van der Waals surface area contributed by atoms with Crippen LogP contribution in [0, 0.1) is 0 Å². The first-order valence-electron chi connectivity index (χ1n) is 5.39. The average Bonchev–Trinajstić information content (AvgIpc) is 2.83. The van der Waals surface area contributed by atoms with E-state index in [2.05, 4.69) is 10.2 Å².